The molecule has 0 fully saturated rings. The molecule has 1 aromatic carbocycles. The monoisotopic (exact) mass is 327 g/mol. The summed E-state index contributed by atoms with van der Waals surface area (Å²) in [6.07, 6.45) is -3.33. The molecule has 0 atom stereocenters. The molecule has 0 saturated heterocycles. The first-order chi connectivity index (χ1) is 10.8. The van der Waals surface area contributed by atoms with Crippen LogP contribution in [0.15, 0.2) is 36.5 Å². The van der Waals surface area contributed by atoms with Crippen LogP contribution >= 0.6 is 0 Å². The van der Waals surface area contributed by atoms with Gasteiger partial charge in [-0.25, -0.2) is 4.79 Å². The third-order valence-electron chi connectivity index (χ3n) is 2.96. The third-order valence-corrected chi connectivity index (χ3v) is 2.96. The van der Waals surface area contributed by atoms with Gasteiger partial charge in [0, 0.05) is 18.3 Å². The number of alkyl halides is 3. The number of carboxylic acid groups (broad SMARTS) is 1. The van der Waals surface area contributed by atoms with Gasteiger partial charge in [-0.1, -0.05) is 6.07 Å². The maximum Gasteiger partial charge on any atom is 0.416 e. The second-order valence-electron chi connectivity index (χ2n) is 4.62. The predicted octanol–water partition coefficient (Wildman–Crippen LogP) is 2.63. The number of nitrogens with zero attached hydrogens (tertiary/aromatic N) is 2. The van der Waals surface area contributed by atoms with Crippen molar-refractivity contribution in [3.05, 3.63) is 47.8 Å². The van der Waals surface area contributed by atoms with E-state index >= 15 is 0 Å². The number of carboxylic acids is 1. The van der Waals surface area contributed by atoms with Gasteiger partial charge in [-0.15, -0.1) is 0 Å². The number of hydrogen-bond acceptors (Lipinski definition) is 3. The predicted molar refractivity (Wildman–Crippen MR) is 73.9 cm³/mol. The first-order valence-electron chi connectivity index (χ1n) is 6.49. The summed E-state index contributed by atoms with van der Waals surface area (Å²) < 4.78 is 38.9. The van der Waals surface area contributed by atoms with E-state index in [0.717, 1.165) is 16.8 Å². The number of halogens is 3. The van der Waals surface area contributed by atoms with Crippen molar-refractivity contribution in [2.75, 3.05) is 5.32 Å². The van der Waals surface area contributed by atoms with Crippen molar-refractivity contribution in [3.8, 4) is 0 Å². The van der Waals surface area contributed by atoms with E-state index in [1.807, 2.05) is 0 Å². The molecule has 0 saturated carbocycles. The van der Waals surface area contributed by atoms with E-state index in [-0.39, 0.29) is 24.3 Å². The summed E-state index contributed by atoms with van der Waals surface area (Å²) in [6.45, 7) is -0.000567. The molecule has 2 rings (SSSR count). The van der Waals surface area contributed by atoms with E-state index in [4.69, 9.17) is 5.11 Å². The van der Waals surface area contributed by atoms with Crippen molar-refractivity contribution in [3.63, 3.8) is 0 Å². The van der Waals surface area contributed by atoms with Gasteiger partial charge in [-0.3, -0.25) is 9.48 Å². The molecule has 6 nitrogen and oxygen atoms in total. The quantitative estimate of drug-likeness (QED) is 0.884. The third kappa shape index (κ3) is 4.31. The van der Waals surface area contributed by atoms with Crippen molar-refractivity contribution in [2.45, 2.75) is 19.1 Å². The maximum absolute atomic E-state index is 12.6. The molecule has 1 heterocycles. The number of carbonyl (C=O) groups is 2. The Morgan fingerprint density at radius 3 is 2.65 bits per heavy atom. The smallest absolute Gasteiger partial charge is 0.416 e. The Balaban J connectivity index is 1.98. The highest BCUT2D eigenvalue weighted by Crippen LogP contribution is 2.30. The lowest BCUT2D eigenvalue weighted by Gasteiger charge is -2.10. The van der Waals surface area contributed by atoms with Gasteiger partial charge in [0.25, 0.3) is 0 Å². The van der Waals surface area contributed by atoms with Gasteiger partial charge in [0.05, 0.1) is 12.1 Å². The fraction of sp³-hybridized carbons (Fsp3) is 0.214. The first kappa shape index (κ1) is 16.5. The number of aromatic carboxylic acids is 1. The zero-order valence-corrected chi connectivity index (χ0v) is 11.7. The molecular weight excluding hydrogens is 315 g/mol. The Hall–Kier alpha value is -2.84. The number of amides is 1. The number of aryl methyl sites for hydroxylation is 1. The van der Waals surface area contributed by atoms with Gasteiger partial charge >= 0.3 is 12.1 Å². The van der Waals surface area contributed by atoms with Gasteiger partial charge < -0.3 is 10.4 Å². The fourth-order valence-electron chi connectivity index (χ4n) is 1.90. The molecule has 0 aliphatic rings. The lowest BCUT2D eigenvalue weighted by Crippen LogP contribution is -2.17. The molecule has 0 unspecified atom stereocenters. The topological polar surface area (TPSA) is 84.2 Å². The van der Waals surface area contributed by atoms with Crippen LogP contribution in [0.3, 0.4) is 0 Å². The van der Waals surface area contributed by atoms with Crippen LogP contribution in [-0.4, -0.2) is 26.8 Å². The Labute approximate surface area is 128 Å². The first-order valence-corrected chi connectivity index (χ1v) is 6.49. The second-order valence-corrected chi connectivity index (χ2v) is 4.62. The summed E-state index contributed by atoms with van der Waals surface area (Å²) in [5.41, 5.74) is -0.920. The summed E-state index contributed by atoms with van der Waals surface area (Å²) in [7, 11) is 0. The minimum absolute atomic E-state index is 0.000567. The Morgan fingerprint density at radius 2 is 2.00 bits per heavy atom. The molecule has 0 aliphatic heterocycles. The van der Waals surface area contributed by atoms with Crippen molar-refractivity contribution < 1.29 is 27.9 Å². The summed E-state index contributed by atoms with van der Waals surface area (Å²) >= 11 is 0. The summed E-state index contributed by atoms with van der Waals surface area (Å²) in [5.74, 6) is -1.73. The highest BCUT2D eigenvalue weighted by atomic mass is 19.4. The van der Waals surface area contributed by atoms with Crippen molar-refractivity contribution in [1.82, 2.24) is 9.78 Å². The Bertz CT molecular complexity index is 725. The number of anilines is 1. The van der Waals surface area contributed by atoms with Gasteiger partial charge in [-0.05, 0) is 24.3 Å². The van der Waals surface area contributed by atoms with Gasteiger partial charge in [0.2, 0.25) is 5.91 Å². The number of aromatic nitrogens is 2. The van der Waals surface area contributed by atoms with E-state index in [1.165, 1.54) is 24.4 Å². The zero-order chi connectivity index (χ0) is 17.0. The van der Waals surface area contributed by atoms with Gasteiger partial charge in [0.1, 0.15) is 5.69 Å². The molecular formula is C14H12F3N3O3. The highest BCUT2D eigenvalue weighted by molar-refractivity contribution is 5.91. The molecule has 2 N–H and O–H groups in total. The molecule has 2 aromatic rings. The SMILES string of the molecule is O=C(CCn1nccc1C(=O)O)Nc1cccc(C(F)(F)F)c1. The van der Waals surface area contributed by atoms with E-state index in [1.54, 1.807) is 0 Å². The average Bonchev–Trinajstić information content (AvgIpc) is 2.93. The molecule has 0 aliphatic carbocycles. The lowest BCUT2D eigenvalue weighted by atomic mass is 10.2. The molecule has 0 spiro atoms. The summed E-state index contributed by atoms with van der Waals surface area (Å²) in [4.78, 5) is 22.7. The van der Waals surface area contributed by atoms with Crippen LogP contribution in [-0.2, 0) is 17.5 Å². The molecule has 1 aromatic heterocycles. The molecule has 0 bridgehead atoms. The lowest BCUT2D eigenvalue weighted by molar-refractivity contribution is -0.137. The second kappa shape index (κ2) is 6.51. The standard InChI is InChI=1S/C14H12F3N3O3/c15-14(16,17)9-2-1-3-10(8-9)19-12(21)5-7-20-11(13(22)23)4-6-18-20/h1-4,6,8H,5,7H2,(H,19,21)(H,22,23). The van der Waals surface area contributed by atoms with Gasteiger partial charge in [-0.2, -0.15) is 18.3 Å². The highest BCUT2D eigenvalue weighted by Gasteiger charge is 2.30. The van der Waals surface area contributed by atoms with E-state index < -0.39 is 23.6 Å². The fourth-order valence-corrected chi connectivity index (χ4v) is 1.90. The minimum Gasteiger partial charge on any atom is -0.477 e. The molecule has 122 valence electrons. The van der Waals surface area contributed by atoms with E-state index in [9.17, 15) is 22.8 Å². The van der Waals surface area contributed by atoms with E-state index in [2.05, 4.69) is 10.4 Å². The van der Waals surface area contributed by atoms with Crippen LogP contribution in [0.25, 0.3) is 0 Å². The van der Waals surface area contributed by atoms with E-state index in [0.29, 0.717) is 0 Å². The Morgan fingerprint density at radius 1 is 1.26 bits per heavy atom. The number of benzene rings is 1. The van der Waals surface area contributed by atoms with Crippen LogP contribution in [0.5, 0.6) is 0 Å². The van der Waals surface area contributed by atoms with Crippen molar-refractivity contribution >= 4 is 17.6 Å². The van der Waals surface area contributed by atoms with Crippen LogP contribution in [0, 0.1) is 0 Å². The number of nitrogens with one attached hydrogen (secondary N) is 1. The van der Waals surface area contributed by atoms with Crippen LogP contribution in [0.2, 0.25) is 0 Å². The largest absolute Gasteiger partial charge is 0.477 e. The van der Waals surface area contributed by atoms with Crippen molar-refractivity contribution in [2.24, 2.45) is 0 Å². The minimum atomic E-state index is -4.49. The Kier molecular flexibility index (Phi) is 4.68. The maximum atomic E-state index is 12.6. The zero-order valence-electron chi connectivity index (χ0n) is 11.7. The summed E-state index contributed by atoms with van der Waals surface area (Å²) in [5, 5.41) is 15.0. The molecule has 1 amide bonds. The van der Waals surface area contributed by atoms with Crippen LogP contribution in [0.4, 0.5) is 18.9 Å². The molecule has 23 heavy (non-hydrogen) atoms. The summed E-state index contributed by atoms with van der Waals surface area (Å²) in [6, 6.07) is 5.54. The van der Waals surface area contributed by atoms with Crippen molar-refractivity contribution in [1.29, 1.82) is 0 Å². The van der Waals surface area contributed by atoms with Crippen LogP contribution < -0.4 is 5.32 Å². The van der Waals surface area contributed by atoms with Gasteiger partial charge in [0.15, 0.2) is 0 Å². The molecule has 0 radical (unpaired) electrons. The molecule has 9 heteroatoms. The number of carbonyl (C=O) groups excluding carboxylic acids is 1. The van der Waals surface area contributed by atoms with Crippen LogP contribution in [0.1, 0.15) is 22.5 Å². The average molecular weight is 327 g/mol. The normalized spacial score (nSPS) is 11.3. The number of hydrogen-bond donors (Lipinski definition) is 2. The number of rotatable bonds is 5.